The highest BCUT2D eigenvalue weighted by Crippen LogP contribution is 2.15. The van der Waals surface area contributed by atoms with Crippen LogP contribution in [-0.4, -0.2) is 37.2 Å². The van der Waals surface area contributed by atoms with Crippen molar-refractivity contribution >= 4 is 17.9 Å². The number of rotatable bonds is 34. The molecule has 0 aliphatic carbocycles. The van der Waals surface area contributed by atoms with Crippen LogP contribution >= 0.6 is 0 Å². The third-order valence-electron chi connectivity index (χ3n) is 8.72. The fourth-order valence-corrected chi connectivity index (χ4v) is 5.69. The number of esters is 3. The SMILES string of the molecule is CCCCCCCC(=O)O[C@@H](COC(=O)CCCCCCCCCCCC(C)C)COC(=O)CCCCCCCCCCC(C)C. The molecule has 0 saturated heterocycles. The van der Waals surface area contributed by atoms with Crippen LogP contribution < -0.4 is 0 Å². The maximum atomic E-state index is 12.5. The van der Waals surface area contributed by atoms with Crippen LogP contribution in [0.1, 0.15) is 208 Å². The first-order chi connectivity index (χ1) is 22.2. The summed E-state index contributed by atoms with van der Waals surface area (Å²) >= 11 is 0. The minimum atomic E-state index is -0.757. The summed E-state index contributed by atoms with van der Waals surface area (Å²) in [5, 5.41) is 0. The topological polar surface area (TPSA) is 78.9 Å². The molecule has 0 fully saturated rings. The van der Waals surface area contributed by atoms with Crippen molar-refractivity contribution in [2.24, 2.45) is 11.8 Å². The Morgan fingerprint density at radius 1 is 0.413 bits per heavy atom. The standard InChI is InChI=1S/C40H76O6/c1-6-7-8-18-27-32-40(43)46-37(34-45-39(42)31-26-22-17-13-12-15-20-24-29-36(4)5)33-44-38(41)30-25-21-16-11-9-10-14-19-23-28-35(2)3/h35-37H,6-34H2,1-5H3/t37-/m0/s1. The highest BCUT2D eigenvalue weighted by molar-refractivity contribution is 5.71. The van der Waals surface area contributed by atoms with Gasteiger partial charge in [0, 0.05) is 19.3 Å². The van der Waals surface area contributed by atoms with Gasteiger partial charge in [-0.25, -0.2) is 0 Å². The van der Waals surface area contributed by atoms with Gasteiger partial charge >= 0.3 is 17.9 Å². The minimum absolute atomic E-state index is 0.0678. The fraction of sp³-hybridized carbons (Fsp3) is 0.925. The van der Waals surface area contributed by atoms with Crippen LogP contribution in [0.5, 0.6) is 0 Å². The normalized spacial score (nSPS) is 12.1. The van der Waals surface area contributed by atoms with Crippen molar-refractivity contribution in [3.8, 4) is 0 Å². The molecule has 1 atom stereocenters. The summed E-state index contributed by atoms with van der Waals surface area (Å²) in [5.41, 5.74) is 0. The molecule has 6 heteroatoms. The third-order valence-corrected chi connectivity index (χ3v) is 8.72. The second kappa shape index (κ2) is 33.3. The molecular formula is C40H76O6. The van der Waals surface area contributed by atoms with E-state index in [2.05, 4.69) is 34.6 Å². The molecule has 272 valence electrons. The molecule has 0 spiro atoms. The molecule has 0 unspecified atom stereocenters. The van der Waals surface area contributed by atoms with Gasteiger partial charge in [0.1, 0.15) is 13.2 Å². The van der Waals surface area contributed by atoms with Gasteiger partial charge in [0.2, 0.25) is 0 Å². The first-order valence-electron chi connectivity index (χ1n) is 19.7. The van der Waals surface area contributed by atoms with E-state index in [9.17, 15) is 14.4 Å². The van der Waals surface area contributed by atoms with Crippen LogP contribution in [0.2, 0.25) is 0 Å². The Morgan fingerprint density at radius 2 is 0.717 bits per heavy atom. The van der Waals surface area contributed by atoms with Crippen molar-refractivity contribution in [1.82, 2.24) is 0 Å². The van der Waals surface area contributed by atoms with Crippen LogP contribution in [0.3, 0.4) is 0 Å². The summed E-state index contributed by atoms with van der Waals surface area (Å²) in [4.78, 5) is 37.2. The maximum absolute atomic E-state index is 12.5. The summed E-state index contributed by atoms with van der Waals surface area (Å²) in [7, 11) is 0. The molecule has 0 aromatic carbocycles. The van der Waals surface area contributed by atoms with Crippen molar-refractivity contribution in [2.75, 3.05) is 13.2 Å². The maximum Gasteiger partial charge on any atom is 0.306 e. The highest BCUT2D eigenvalue weighted by Gasteiger charge is 2.19. The quantitative estimate of drug-likeness (QED) is 0.0391. The van der Waals surface area contributed by atoms with E-state index < -0.39 is 6.10 Å². The highest BCUT2D eigenvalue weighted by atomic mass is 16.6. The Bertz CT molecular complexity index is 704. The molecule has 0 aliphatic heterocycles. The monoisotopic (exact) mass is 653 g/mol. The lowest BCUT2D eigenvalue weighted by Gasteiger charge is -2.18. The number of unbranched alkanes of at least 4 members (excludes halogenated alkanes) is 19. The van der Waals surface area contributed by atoms with Gasteiger partial charge in [0.05, 0.1) is 0 Å². The van der Waals surface area contributed by atoms with Gasteiger partial charge in [0.15, 0.2) is 6.10 Å². The zero-order valence-corrected chi connectivity index (χ0v) is 31.2. The number of hydrogen-bond acceptors (Lipinski definition) is 6. The van der Waals surface area contributed by atoms with Crippen molar-refractivity contribution < 1.29 is 28.6 Å². The largest absolute Gasteiger partial charge is 0.462 e. The lowest BCUT2D eigenvalue weighted by Crippen LogP contribution is -2.30. The molecule has 0 heterocycles. The van der Waals surface area contributed by atoms with Gasteiger partial charge < -0.3 is 14.2 Å². The van der Waals surface area contributed by atoms with Gasteiger partial charge in [0.25, 0.3) is 0 Å². The Labute approximate surface area is 285 Å². The van der Waals surface area contributed by atoms with Crippen LogP contribution in [0.4, 0.5) is 0 Å². The molecule has 46 heavy (non-hydrogen) atoms. The zero-order valence-electron chi connectivity index (χ0n) is 31.2. The third kappa shape index (κ3) is 33.8. The van der Waals surface area contributed by atoms with Gasteiger partial charge in [-0.1, -0.05) is 169 Å². The van der Waals surface area contributed by atoms with Gasteiger partial charge in [-0.3, -0.25) is 14.4 Å². The number of hydrogen-bond donors (Lipinski definition) is 0. The second-order valence-corrected chi connectivity index (χ2v) is 14.5. The van der Waals surface area contributed by atoms with E-state index >= 15 is 0 Å². The number of carbonyl (C=O) groups is 3. The van der Waals surface area contributed by atoms with E-state index in [0.717, 1.165) is 76.0 Å². The molecule has 0 saturated carbocycles. The van der Waals surface area contributed by atoms with Crippen molar-refractivity contribution in [1.29, 1.82) is 0 Å². The van der Waals surface area contributed by atoms with E-state index in [-0.39, 0.29) is 31.1 Å². The van der Waals surface area contributed by atoms with Crippen molar-refractivity contribution in [2.45, 2.75) is 214 Å². The van der Waals surface area contributed by atoms with Gasteiger partial charge in [-0.2, -0.15) is 0 Å². The summed E-state index contributed by atoms with van der Waals surface area (Å²) in [6, 6.07) is 0. The Kier molecular flexibility index (Phi) is 32.2. The smallest absolute Gasteiger partial charge is 0.306 e. The van der Waals surface area contributed by atoms with Crippen molar-refractivity contribution in [3.63, 3.8) is 0 Å². The summed E-state index contributed by atoms with van der Waals surface area (Å²) in [6.45, 7) is 11.2. The van der Waals surface area contributed by atoms with Crippen LogP contribution in [-0.2, 0) is 28.6 Å². The van der Waals surface area contributed by atoms with Gasteiger partial charge in [-0.15, -0.1) is 0 Å². The predicted molar refractivity (Wildman–Crippen MR) is 192 cm³/mol. The molecule has 0 radical (unpaired) electrons. The second-order valence-electron chi connectivity index (χ2n) is 14.5. The van der Waals surface area contributed by atoms with E-state index in [4.69, 9.17) is 14.2 Å². The molecule has 6 nitrogen and oxygen atoms in total. The summed E-state index contributed by atoms with van der Waals surface area (Å²) < 4.78 is 16.5. The summed E-state index contributed by atoms with van der Waals surface area (Å²) in [5.74, 6) is 0.723. The molecular weight excluding hydrogens is 576 g/mol. The number of ether oxygens (including phenoxy) is 3. The molecule has 0 aliphatic rings. The molecule has 0 amide bonds. The fourth-order valence-electron chi connectivity index (χ4n) is 5.69. The predicted octanol–water partition coefficient (Wildman–Crippen LogP) is 11.8. The Hall–Kier alpha value is -1.59. The first-order valence-corrected chi connectivity index (χ1v) is 19.7. The first kappa shape index (κ1) is 44.4. The van der Waals surface area contributed by atoms with Crippen LogP contribution in [0.25, 0.3) is 0 Å². The van der Waals surface area contributed by atoms with Crippen LogP contribution in [0, 0.1) is 11.8 Å². The Morgan fingerprint density at radius 3 is 1.07 bits per heavy atom. The van der Waals surface area contributed by atoms with E-state index in [1.54, 1.807) is 0 Å². The van der Waals surface area contributed by atoms with Gasteiger partial charge in [-0.05, 0) is 31.1 Å². The molecule has 0 bridgehead atoms. The van der Waals surface area contributed by atoms with Crippen LogP contribution in [0.15, 0.2) is 0 Å². The molecule has 0 rings (SSSR count). The zero-order chi connectivity index (χ0) is 34.1. The molecule has 0 aromatic heterocycles. The average molecular weight is 653 g/mol. The molecule has 0 N–H and O–H groups in total. The average Bonchev–Trinajstić information content (AvgIpc) is 3.01. The lowest BCUT2D eigenvalue weighted by atomic mass is 10.0. The molecule has 0 aromatic rings. The van der Waals surface area contributed by atoms with E-state index in [0.29, 0.717) is 19.3 Å². The minimum Gasteiger partial charge on any atom is -0.462 e. The van der Waals surface area contributed by atoms with Crippen molar-refractivity contribution in [3.05, 3.63) is 0 Å². The lowest BCUT2D eigenvalue weighted by molar-refractivity contribution is -0.167. The number of carbonyl (C=O) groups excluding carboxylic acids is 3. The van der Waals surface area contributed by atoms with E-state index in [1.807, 2.05) is 0 Å². The summed E-state index contributed by atoms with van der Waals surface area (Å²) in [6.07, 6.45) is 28.4. The van der Waals surface area contributed by atoms with E-state index in [1.165, 1.54) is 89.9 Å². The Balaban J connectivity index is 4.23.